The van der Waals surface area contributed by atoms with Crippen LogP contribution >= 0.6 is 0 Å². The highest BCUT2D eigenvalue weighted by Crippen LogP contribution is 2.16. The van der Waals surface area contributed by atoms with Crippen LogP contribution in [0.15, 0.2) is 48.5 Å². The smallest absolute Gasteiger partial charge is 0.336 e. The molecular formula is C16H12O4. The van der Waals surface area contributed by atoms with Crippen molar-refractivity contribution < 1.29 is 19.8 Å². The number of carboxylic acids is 2. The molecule has 2 N–H and O–H groups in total. The molecule has 4 heteroatoms. The normalized spacial score (nSPS) is 10.6. The monoisotopic (exact) mass is 268 g/mol. The molecule has 0 saturated heterocycles. The molecule has 0 radical (unpaired) electrons. The second-order valence-electron chi connectivity index (χ2n) is 4.12. The first-order valence-corrected chi connectivity index (χ1v) is 5.92. The van der Waals surface area contributed by atoms with Crippen LogP contribution in [0.25, 0.3) is 12.2 Å². The Kier molecular flexibility index (Phi) is 3.96. The molecule has 2 aromatic carbocycles. The Balaban J connectivity index is 2.40. The van der Waals surface area contributed by atoms with E-state index < -0.39 is 11.9 Å². The Morgan fingerprint density at radius 1 is 0.700 bits per heavy atom. The van der Waals surface area contributed by atoms with Crippen LogP contribution in [0.4, 0.5) is 0 Å². The zero-order valence-electron chi connectivity index (χ0n) is 10.5. The molecule has 4 nitrogen and oxygen atoms in total. The molecule has 0 unspecified atom stereocenters. The Morgan fingerprint density at radius 3 is 1.40 bits per heavy atom. The molecule has 0 saturated carbocycles. The third-order valence-electron chi connectivity index (χ3n) is 2.82. The molecular weight excluding hydrogens is 256 g/mol. The van der Waals surface area contributed by atoms with E-state index in [1.165, 1.54) is 12.1 Å². The molecule has 2 aromatic rings. The molecule has 0 aliphatic heterocycles. The summed E-state index contributed by atoms with van der Waals surface area (Å²) in [5.41, 5.74) is 1.41. The molecule has 0 amide bonds. The maximum Gasteiger partial charge on any atom is 0.336 e. The predicted molar refractivity (Wildman–Crippen MR) is 75.7 cm³/mol. The van der Waals surface area contributed by atoms with Crippen LogP contribution in [0.2, 0.25) is 0 Å². The third-order valence-corrected chi connectivity index (χ3v) is 2.82. The third kappa shape index (κ3) is 2.92. The fourth-order valence-corrected chi connectivity index (χ4v) is 1.85. The molecule has 0 heterocycles. The van der Waals surface area contributed by atoms with E-state index in [2.05, 4.69) is 0 Å². The van der Waals surface area contributed by atoms with E-state index in [1.54, 1.807) is 48.6 Å². The molecule has 2 rings (SSSR count). The topological polar surface area (TPSA) is 74.6 Å². The number of hydrogen-bond donors (Lipinski definition) is 2. The number of carbonyl (C=O) groups is 2. The maximum atomic E-state index is 11.1. The van der Waals surface area contributed by atoms with Gasteiger partial charge in [0.2, 0.25) is 0 Å². The lowest BCUT2D eigenvalue weighted by Crippen LogP contribution is -1.99. The van der Waals surface area contributed by atoms with E-state index in [9.17, 15) is 9.59 Å². The molecule has 100 valence electrons. The first-order valence-electron chi connectivity index (χ1n) is 5.92. The summed E-state index contributed by atoms with van der Waals surface area (Å²) in [7, 11) is 0. The number of benzene rings is 2. The summed E-state index contributed by atoms with van der Waals surface area (Å²) in [6, 6.07) is 13.1. The van der Waals surface area contributed by atoms with E-state index in [0.717, 1.165) is 0 Å². The number of carboxylic acid groups (broad SMARTS) is 2. The van der Waals surface area contributed by atoms with E-state index in [0.29, 0.717) is 11.1 Å². The summed E-state index contributed by atoms with van der Waals surface area (Å²) in [5, 5.41) is 18.2. The molecule has 0 aliphatic carbocycles. The average Bonchev–Trinajstić information content (AvgIpc) is 2.45. The SMILES string of the molecule is O=C(O)c1ccccc1/C=C/c1ccccc1C(=O)O. The second kappa shape index (κ2) is 5.84. The van der Waals surface area contributed by atoms with Gasteiger partial charge >= 0.3 is 11.9 Å². The van der Waals surface area contributed by atoms with Gasteiger partial charge in [-0.05, 0) is 23.3 Å². The van der Waals surface area contributed by atoms with Crippen LogP contribution in [0.5, 0.6) is 0 Å². The fourth-order valence-electron chi connectivity index (χ4n) is 1.85. The number of hydrogen-bond acceptors (Lipinski definition) is 2. The lowest BCUT2D eigenvalue weighted by molar-refractivity contribution is 0.0685. The Labute approximate surface area is 115 Å². The molecule has 0 atom stereocenters. The minimum absolute atomic E-state index is 0.177. The van der Waals surface area contributed by atoms with Gasteiger partial charge in [-0.2, -0.15) is 0 Å². The molecule has 0 spiro atoms. The van der Waals surface area contributed by atoms with Gasteiger partial charge in [0.25, 0.3) is 0 Å². The van der Waals surface area contributed by atoms with Gasteiger partial charge in [0.05, 0.1) is 11.1 Å². The van der Waals surface area contributed by atoms with E-state index in [1.807, 2.05) is 0 Å². The number of rotatable bonds is 4. The predicted octanol–water partition coefficient (Wildman–Crippen LogP) is 3.25. The van der Waals surface area contributed by atoms with Crippen LogP contribution < -0.4 is 0 Å². The van der Waals surface area contributed by atoms with Crippen LogP contribution in [0, 0.1) is 0 Å². The highest BCUT2D eigenvalue weighted by Gasteiger charge is 2.08. The lowest BCUT2D eigenvalue weighted by Gasteiger charge is -2.02. The van der Waals surface area contributed by atoms with Gasteiger partial charge in [-0.25, -0.2) is 9.59 Å². The highest BCUT2D eigenvalue weighted by molar-refractivity contribution is 5.96. The van der Waals surface area contributed by atoms with Crippen LogP contribution in [-0.4, -0.2) is 22.2 Å². The first kappa shape index (κ1) is 13.5. The fraction of sp³-hybridized carbons (Fsp3) is 0. The summed E-state index contributed by atoms with van der Waals surface area (Å²) in [5.74, 6) is -2.03. The Morgan fingerprint density at radius 2 is 1.05 bits per heavy atom. The second-order valence-corrected chi connectivity index (χ2v) is 4.12. The van der Waals surface area contributed by atoms with Crippen molar-refractivity contribution in [3.8, 4) is 0 Å². The first-order chi connectivity index (χ1) is 9.59. The van der Waals surface area contributed by atoms with Crippen molar-refractivity contribution in [1.29, 1.82) is 0 Å². The van der Waals surface area contributed by atoms with Crippen molar-refractivity contribution in [1.82, 2.24) is 0 Å². The molecule has 0 bridgehead atoms. The van der Waals surface area contributed by atoms with Gasteiger partial charge in [0.1, 0.15) is 0 Å². The standard InChI is InChI=1S/C16H12O4/c17-15(18)13-7-3-1-5-11(13)9-10-12-6-2-4-8-14(12)16(19)20/h1-10H,(H,17,18)(H,19,20)/b10-9+. The zero-order valence-corrected chi connectivity index (χ0v) is 10.5. The molecule has 0 aliphatic rings. The Hall–Kier alpha value is -2.88. The van der Waals surface area contributed by atoms with Gasteiger partial charge in [-0.15, -0.1) is 0 Å². The zero-order chi connectivity index (χ0) is 14.5. The molecule has 0 fully saturated rings. The quantitative estimate of drug-likeness (QED) is 0.835. The van der Waals surface area contributed by atoms with Crippen molar-refractivity contribution in [2.45, 2.75) is 0 Å². The summed E-state index contributed by atoms with van der Waals surface area (Å²) < 4.78 is 0. The summed E-state index contributed by atoms with van der Waals surface area (Å²) in [6.07, 6.45) is 3.20. The van der Waals surface area contributed by atoms with Gasteiger partial charge in [0, 0.05) is 0 Å². The largest absolute Gasteiger partial charge is 0.478 e. The molecule has 20 heavy (non-hydrogen) atoms. The average molecular weight is 268 g/mol. The summed E-state index contributed by atoms with van der Waals surface area (Å²) >= 11 is 0. The molecule has 0 aromatic heterocycles. The van der Waals surface area contributed by atoms with Gasteiger partial charge in [-0.3, -0.25) is 0 Å². The van der Waals surface area contributed by atoms with Crippen molar-refractivity contribution >= 4 is 24.1 Å². The highest BCUT2D eigenvalue weighted by atomic mass is 16.4. The minimum atomic E-state index is -1.02. The Bertz CT molecular complexity index is 627. The van der Waals surface area contributed by atoms with Crippen molar-refractivity contribution in [2.24, 2.45) is 0 Å². The number of aromatic carboxylic acids is 2. The van der Waals surface area contributed by atoms with E-state index in [4.69, 9.17) is 10.2 Å². The van der Waals surface area contributed by atoms with Crippen LogP contribution in [0.1, 0.15) is 31.8 Å². The maximum absolute atomic E-state index is 11.1. The van der Waals surface area contributed by atoms with Gasteiger partial charge in [-0.1, -0.05) is 48.6 Å². The van der Waals surface area contributed by atoms with Gasteiger partial charge < -0.3 is 10.2 Å². The van der Waals surface area contributed by atoms with E-state index in [-0.39, 0.29) is 11.1 Å². The van der Waals surface area contributed by atoms with Crippen LogP contribution in [0.3, 0.4) is 0 Å². The summed E-state index contributed by atoms with van der Waals surface area (Å²) in [6.45, 7) is 0. The van der Waals surface area contributed by atoms with Gasteiger partial charge in [0.15, 0.2) is 0 Å². The van der Waals surface area contributed by atoms with Crippen molar-refractivity contribution in [3.05, 3.63) is 70.8 Å². The van der Waals surface area contributed by atoms with Crippen molar-refractivity contribution in [3.63, 3.8) is 0 Å². The van der Waals surface area contributed by atoms with Crippen LogP contribution in [-0.2, 0) is 0 Å². The lowest BCUT2D eigenvalue weighted by atomic mass is 10.0. The minimum Gasteiger partial charge on any atom is -0.478 e. The van der Waals surface area contributed by atoms with E-state index >= 15 is 0 Å². The van der Waals surface area contributed by atoms with Crippen molar-refractivity contribution in [2.75, 3.05) is 0 Å². The summed E-state index contributed by atoms with van der Waals surface area (Å²) in [4.78, 5) is 22.2.